The second-order valence-corrected chi connectivity index (χ2v) is 9.63. The minimum atomic E-state index is -1.51. The van der Waals surface area contributed by atoms with Crippen LogP contribution in [0.2, 0.25) is 0 Å². The van der Waals surface area contributed by atoms with Crippen LogP contribution < -0.4 is 0 Å². The standard InChI is InChI=1S/C30H31N3O3/c1-5-9-24-32-27-18(3)16-19(4)31-28(27)33(24)17-20-12-14-21(15-13-20)25-22-10-7-8-11-23(22)30(36,6-2)26(25)29(34)35/h7-8,10-16,36H,5-6,9,17H2,1-4H3,(H,34,35). The lowest BCUT2D eigenvalue weighted by Crippen LogP contribution is -2.29. The van der Waals surface area contributed by atoms with Crippen molar-refractivity contribution in [3.05, 3.63) is 99.5 Å². The second-order valence-electron chi connectivity index (χ2n) is 9.63. The van der Waals surface area contributed by atoms with Gasteiger partial charge in [0.2, 0.25) is 0 Å². The van der Waals surface area contributed by atoms with Crippen molar-refractivity contribution in [2.75, 3.05) is 0 Å². The van der Waals surface area contributed by atoms with Crippen LogP contribution in [0.4, 0.5) is 0 Å². The number of aryl methyl sites for hydroxylation is 3. The van der Waals surface area contributed by atoms with Crippen LogP contribution in [0.15, 0.2) is 60.2 Å². The molecule has 36 heavy (non-hydrogen) atoms. The third-order valence-corrected chi connectivity index (χ3v) is 7.19. The number of hydrogen-bond acceptors (Lipinski definition) is 4. The number of aromatic nitrogens is 3. The van der Waals surface area contributed by atoms with Crippen LogP contribution in [0.5, 0.6) is 0 Å². The van der Waals surface area contributed by atoms with Crippen LogP contribution in [-0.4, -0.2) is 30.7 Å². The van der Waals surface area contributed by atoms with Crippen molar-refractivity contribution in [2.24, 2.45) is 0 Å². The van der Waals surface area contributed by atoms with Gasteiger partial charge in [-0.1, -0.05) is 62.4 Å². The number of carboxylic acid groups (broad SMARTS) is 1. The summed E-state index contributed by atoms with van der Waals surface area (Å²) in [5.41, 5.74) is 6.32. The normalized spacial score (nSPS) is 17.1. The molecule has 4 aromatic rings. The number of nitrogens with zero attached hydrogens (tertiary/aromatic N) is 3. The van der Waals surface area contributed by atoms with Crippen LogP contribution >= 0.6 is 0 Å². The van der Waals surface area contributed by atoms with Gasteiger partial charge < -0.3 is 14.8 Å². The van der Waals surface area contributed by atoms with Gasteiger partial charge in [0, 0.05) is 17.7 Å². The lowest BCUT2D eigenvalue weighted by molar-refractivity contribution is -0.135. The number of aliphatic hydroxyl groups is 1. The molecular weight excluding hydrogens is 450 g/mol. The number of fused-ring (bicyclic) bond motifs is 2. The first-order chi connectivity index (χ1) is 17.3. The van der Waals surface area contributed by atoms with Crippen molar-refractivity contribution in [2.45, 2.75) is 59.1 Å². The summed E-state index contributed by atoms with van der Waals surface area (Å²) in [6, 6.07) is 17.4. The van der Waals surface area contributed by atoms with Gasteiger partial charge in [0.25, 0.3) is 0 Å². The largest absolute Gasteiger partial charge is 0.478 e. The van der Waals surface area contributed by atoms with Gasteiger partial charge in [-0.05, 0) is 60.6 Å². The Bertz CT molecular complexity index is 1510. The molecule has 2 aromatic carbocycles. The summed E-state index contributed by atoms with van der Waals surface area (Å²) in [4.78, 5) is 22.0. The zero-order valence-corrected chi connectivity index (χ0v) is 21.2. The van der Waals surface area contributed by atoms with Crippen molar-refractivity contribution in [1.82, 2.24) is 14.5 Å². The van der Waals surface area contributed by atoms with Crippen molar-refractivity contribution >= 4 is 22.7 Å². The fourth-order valence-corrected chi connectivity index (χ4v) is 5.48. The molecule has 0 amide bonds. The lowest BCUT2D eigenvalue weighted by atomic mass is 9.87. The Morgan fingerprint density at radius 3 is 2.42 bits per heavy atom. The molecule has 0 saturated heterocycles. The summed E-state index contributed by atoms with van der Waals surface area (Å²) in [5, 5.41) is 21.5. The smallest absolute Gasteiger partial charge is 0.335 e. The molecule has 2 N–H and O–H groups in total. The Labute approximate surface area is 211 Å². The third-order valence-electron chi connectivity index (χ3n) is 7.19. The molecule has 6 nitrogen and oxygen atoms in total. The molecule has 0 aliphatic heterocycles. The molecule has 2 heterocycles. The molecule has 0 saturated carbocycles. The minimum Gasteiger partial charge on any atom is -0.478 e. The highest BCUT2D eigenvalue weighted by Gasteiger charge is 2.46. The van der Waals surface area contributed by atoms with E-state index in [1.54, 1.807) is 0 Å². The van der Waals surface area contributed by atoms with Crippen LogP contribution in [-0.2, 0) is 23.4 Å². The Kier molecular flexibility index (Phi) is 6.00. The van der Waals surface area contributed by atoms with E-state index in [1.807, 2.05) is 62.4 Å². The van der Waals surface area contributed by atoms with Gasteiger partial charge in [-0.3, -0.25) is 0 Å². The highest BCUT2D eigenvalue weighted by Crippen LogP contribution is 2.49. The number of pyridine rings is 1. The van der Waals surface area contributed by atoms with Gasteiger partial charge >= 0.3 is 5.97 Å². The van der Waals surface area contributed by atoms with E-state index in [-0.39, 0.29) is 12.0 Å². The van der Waals surface area contributed by atoms with E-state index in [9.17, 15) is 15.0 Å². The highest BCUT2D eigenvalue weighted by atomic mass is 16.4. The Morgan fingerprint density at radius 1 is 1.03 bits per heavy atom. The Balaban J connectivity index is 1.58. The van der Waals surface area contributed by atoms with Gasteiger partial charge in [-0.25, -0.2) is 14.8 Å². The maximum atomic E-state index is 12.4. The van der Waals surface area contributed by atoms with Crippen molar-refractivity contribution in [1.29, 1.82) is 0 Å². The molecular formula is C30H31N3O3. The van der Waals surface area contributed by atoms with Crippen LogP contribution in [0, 0.1) is 13.8 Å². The molecule has 0 radical (unpaired) electrons. The molecule has 6 heteroatoms. The molecule has 0 bridgehead atoms. The predicted molar refractivity (Wildman–Crippen MR) is 141 cm³/mol. The summed E-state index contributed by atoms with van der Waals surface area (Å²) in [5.74, 6) is -0.0769. The van der Waals surface area contributed by atoms with Gasteiger partial charge in [-0.15, -0.1) is 0 Å². The minimum absolute atomic E-state index is 0.0416. The molecule has 184 valence electrons. The van der Waals surface area contributed by atoms with E-state index in [1.165, 1.54) is 0 Å². The number of carboxylic acids is 1. The number of aliphatic carboxylic acids is 1. The van der Waals surface area contributed by atoms with E-state index in [4.69, 9.17) is 9.97 Å². The zero-order chi connectivity index (χ0) is 25.6. The van der Waals surface area contributed by atoms with Gasteiger partial charge in [0.15, 0.2) is 5.65 Å². The zero-order valence-electron chi connectivity index (χ0n) is 21.2. The van der Waals surface area contributed by atoms with Crippen molar-refractivity contribution < 1.29 is 15.0 Å². The summed E-state index contributed by atoms with van der Waals surface area (Å²) in [6.07, 6.45) is 2.15. The molecule has 1 aliphatic carbocycles. The molecule has 5 rings (SSSR count). The molecule has 0 fully saturated rings. The van der Waals surface area contributed by atoms with E-state index < -0.39 is 11.6 Å². The van der Waals surface area contributed by atoms with Crippen LogP contribution in [0.25, 0.3) is 16.7 Å². The fourth-order valence-electron chi connectivity index (χ4n) is 5.48. The van der Waals surface area contributed by atoms with E-state index in [2.05, 4.69) is 24.5 Å². The molecule has 1 aliphatic rings. The fraction of sp³-hybridized carbons (Fsp3) is 0.300. The summed E-state index contributed by atoms with van der Waals surface area (Å²) < 4.78 is 2.19. The first-order valence-corrected chi connectivity index (χ1v) is 12.5. The number of imidazole rings is 1. The summed E-state index contributed by atoms with van der Waals surface area (Å²) in [7, 11) is 0. The highest BCUT2D eigenvalue weighted by molar-refractivity contribution is 6.06. The lowest BCUT2D eigenvalue weighted by Gasteiger charge is -2.24. The quantitative estimate of drug-likeness (QED) is 0.361. The molecule has 0 spiro atoms. The van der Waals surface area contributed by atoms with Crippen LogP contribution in [0.3, 0.4) is 0 Å². The van der Waals surface area contributed by atoms with Gasteiger partial charge in [0.1, 0.15) is 16.9 Å². The maximum absolute atomic E-state index is 12.4. The number of hydrogen-bond donors (Lipinski definition) is 2. The topological polar surface area (TPSA) is 88.2 Å². The number of rotatable bonds is 7. The molecule has 1 atom stereocenters. The van der Waals surface area contributed by atoms with E-state index in [0.29, 0.717) is 17.7 Å². The number of carbonyl (C=O) groups is 1. The Hall–Kier alpha value is -3.77. The maximum Gasteiger partial charge on any atom is 0.335 e. The van der Waals surface area contributed by atoms with Crippen molar-refractivity contribution in [3.63, 3.8) is 0 Å². The first kappa shape index (κ1) is 23.9. The van der Waals surface area contributed by atoms with Crippen molar-refractivity contribution in [3.8, 4) is 0 Å². The molecule has 1 unspecified atom stereocenters. The van der Waals surface area contributed by atoms with Gasteiger partial charge in [-0.2, -0.15) is 0 Å². The summed E-state index contributed by atoms with van der Waals surface area (Å²) >= 11 is 0. The number of benzene rings is 2. The average molecular weight is 482 g/mol. The second kappa shape index (κ2) is 9.03. The monoisotopic (exact) mass is 481 g/mol. The van der Waals surface area contributed by atoms with E-state index in [0.717, 1.165) is 57.8 Å². The Morgan fingerprint density at radius 2 is 1.75 bits per heavy atom. The average Bonchev–Trinajstić information content (AvgIpc) is 3.33. The third kappa shape index (κ3) is 3.73. The van der Waals surface area contributed by atoms with E-state index >= 15 is 0 Å². The SMILES string of the molecule is CCCc1nc2c(C)cc(C)nc2n1Cc1ccc(C2=C(C(=O)O)C(O)(CC)c3ccccc32)cc1. The van der Waals surface area contributed by atoms with Crippen LogP contribution in [0.1, 0.15) is 66.0 Å². The summed E-state index contributed by atoms with van der Waals surface area (Å²) in [6.45, 7) is 8.66. The van der Waals surface area contributed by atoms with Gasteiger partial charge in [0.05, 0.1) is 12.1 Å². The molecule has 2 aromatic heterocycles. The first-order valence-electron chi connectivity index (χ1n) is 12.5. The predicted octanol–water partition coefficient (Wildman–Crippen LogP) is 5.55.